The number of hydrogen-bond donors (Lipinski definition) is 1. The number of anilines is 2. The van der Waals surface area contributed by atoms with Crippen LogP contribution in [0.5, 0.6) is 0 Å². The number of unbranched alkanes of at least 4 members (excludes halogenated alkanes) is 1. The number of hydrogen-bond acceptors (Lipinski definition) is 8. The Morgan fingerprint density at radius 3 is 2.64 bits per heavy atom. The van der Waals surface area contributed by atoms with Gasteiger partial charge >= 0.3 is 12.1 Å². The van der Waals surface area contributed by atoms with Crippen molar-refractivity contribution in [2.24, 2.45) is 0 Å². The van der Waals surface area contributed by atoms with Gasteiger partial charge in [0.05, 0.1) is 34.6 Å². The van der Waals surface area contributed by atoms with Gasteiger partial charge < -0.3 is 24.6 Å². The van der Waals surface area contributed by atoms with E-state index >= 15 is 4.39 Å². The summed E-state index contributed by atoms with van der Waals surface area (Å²) in [6, 6.07) is 7.26. The summed E-state index contributed by atoms with van der Waals surface area (Å²) in [5.74, 6) is -2.07. The molecule has 0 aliphatic carbocycles. The van der Waals surface area contributed by atoms with E-state index in [1.54, 1.807) is 11.0 Å². The SMILES string of the molecule is C[C@@H]1CCCN1C(=O)NCCCCC(=O)N(C[C@H]1CN(c2ccc(N3CCOCC3=O)cc2F)C(=O)O1)C(=O)c1ccc(Cl)s1. The van der Waals surface area contributed by atoms with Crippen molar-refractivity contribution in [1.82, 2.24) is 15.1 Å². The highest BCUT2D eigenvalue weighted by atomic mass is 35.5. The summed E-state index contributed by atoms with van der Waals surface area (Å²) in [5, 5.41) is 2.89. The summed E-state index contributed by atoms with van der Waals surface area (Å²) < 4.78 is 26.2. The minimum atomic E-state index is -0.914. The molecule has 3 fully saturated rings. The summed E-state index contributed by atoms with van der Waals surface area (Å²) >= 11 is 7.06. The topological polar surface area (TPSA) is 129 Å². The number of imide groups is 1. The van der Waals surface area contributed by atoms with Crippen LogP contribution in [0, 0.1) is 5.82 Å². The van der Waals surface area contributed by atoms with E-state index in [1.165, 1.54) is 29.2 Å². The van der Waals surface area contributed by atoms with E-state index in [1.807, 2.05) is 6.92 Å². The first-order valence-corrected chi connectivity index (χ1v) is 16.1. The summed E-state index contributed by atoms with van der Waals surface area (Å²) in [5.41, 5.74) is 0.294. The summed E-state index contributed by atoms with van der Waals surface area (Å²) in [6.45, 7) is 3.32. The molecule has 3 aliphatic heterocycles. The number of rotatable bonds is 10. The molecule has 2 atom stereocenters. The second-order valence-electron chi connectivity index (χ2n) is 11.1. The lowest BCUT2D eigenvalue weighted by Crippen LogP contribution is -2.43. The van der Waals surface area contributed by atoms with Crippen molar-refractivity contribution in [3.05, 3.63) is 45.4 Å². The van der Waals surface area contributed by atoms with Crippen molar-refractivity contribution in [2.45, 2.75) is 51.2 Å². The van der Waals surface area contributed by atoms with E-state index in [-0.39, 0.29) is 61.2 Å². The number of morpholine rings is 1. The number of nitrogens with one attached hydrogen (secondary N) is 1. The Morgan fingerprint density at radius 1 is 1.13 bits per heavy atom. The van der Waals surface area contributed by atoms with E-state index in [0.29, 0.717) is 36.0 Å². The van der Waals surface area contributed by atoms with Crippen molar-refractivity contribution in [1.29, 1.82) is 0 Å². The van der Waals surface area contributed by atoms with Crippen LogP contribution in [0.2, 0.25) is 4.34 Å². The molecule has 0 bridgehead atoms. The standard InChI is InChI=1S/C30H35ClFN5O7S/c1-19-5-4-12-34(19)29(41)33-11-3-2-6-26(38)37(28(40)24-9-10-25(31)45-24)17-21-16-36(30(42)44-21)23-8-7-20(15-22(23)32)35-13-14-43-18-27(35)39/h7-10,15,19,21H,2-6,11-14,16-18H2,1H3,(H,33,41)/t19-,21-/m1/s1. The number of cyclic esters (lactones) is 1. The first-order chi connectivity index (χ1) is 21.6. The number of halogens is 2. The fourth-order valence-electron chi connectivity index (χ4n) is 5.62. The fourth-order valence-corrected chi connectivity index (χ4v) is 6.61. The van der Waals surface area contributed by atoms with Gasteiger partial charge in [-0.25, -0.2) is 14.0 Å². The number of likely N-dealkylation sites (tertiary alicyclic amines) is 1. The molecule has 3 saturated heterocycles. The molecule has 3 aliphatic rings. The Kier molecular flexibility index (Phi) is 10.6. The third-order valence-corrected chi connectivity index (χ3v) is 9.24. The van der Waals surface area contributed by atoms with Gasteiger partial charge in [-0.1, -0.05) is 11.6 Å². The normalized spacial score (nSPS) is 20.0. The highest BCUT2D eigenvalue weighted by Gasteiger charge is 2.38. The lowest BCUT2D eigenvalue weighted by molar-refractivity contribution is -0.129. The Morgan fingerprint density at radius 2 is 1.96 bits per heavy atom. The smallest absolute Gasteiger partial charge is 0.414 e. The molecule has 1 aromatic heterocycles. The van der Waals surface area contributed by atoms with Crippen molar-refractivity contribution >= 4 is 64.2 Å². The van der Waals surface area contributed by atoms with Gasteiger partial charge in [0.25, 0.3) is 11.8 Å². The molecule has 0 spiro atoms. The lowest BCUT2D eigenvalue weighted by Gasteiger charge is -2.27. The van der Waals surface area contributed by atoms with Crippen LogP contribution >= 0.6 is 22.9 Å². The van der Waals surface area contributed by atoms with Crippen LogP contribution in [-0.2, 0) is 19.1 Å². The maximum absolute atomic E-state index is 15.2. The van der Waals surface area contributed by atoms with Crippen LogP contribution in [0.3, 0.4) is 0 Å². The van der Waals surface area contributed by atoms with Crippen LogP contribution in [-0.4, -0.2) is 97.7 Å². The van der Waals surface area contributed by atoms with Crippen LogP contribution in [0.4, 0.5) is 25.4 Å². The Bertz CT molecular complexity index is 1460. The van der Waals surface area contributed by atoms with Crippen LogP contribution in [0.15, 0.2) is 30.3 Å². The van der Waals surface area contributed by atoms with Crippen LogP contribution in [0.1, 0.15) is 48.7 Å². The summed E-state index contributed by atoms with van der Waals surface area (Å²) in [4.78, 5) is 69.6. The Hall–Kier alpha value is -3.75. The molecule has 12 nitrogen and oxygen atoms in total. The lowest BCUT2D eigenvalue weighted by atomic mass is 10.2. The third-order valence-electron chi connectivity index (χ3n) is 8.02. The minimum Gasteiger partial charge on any atom is -0.442 e. The molecule has 2 aromatic rings. The maximum Gasteiger partial charge on any atom is 0.414 e. The molecule has 15 heteroatoms. The van der Waals surface area contributed by atoms with Crippen LogP contribution < -0.4 is 15.1 Å². The Labute approximate surface area is 269 Å². The highest BCUT2D eigenvalue weighted by Crippen LogP contribution is 2.30. The summed E-state index contributed by atoms with van der Waals surface area (Å²) in [6.07, 6.45) is 1.20. The van der Waals surface area contributed by atoms with Gasteiger partial charge in [-0.2, -0.15) is 0 Å². The molecule has 6 amide bonds. The molecule has 45 heavy (non-hydrogen) atoms. The molecule has 242 valence electrons. The number of nitrogens with zero attached hydrogens (tertiary/aromatic N) is 4. The number of benzene rings is 1. The first-order valence-electron chi connectivity index (χ1n) is 14.9. The van der Waals surface area contributed by atoms with E-state index < -0.39 is 29.8 Å². The molecule has 0 radical (unpaired) electrons. The number of thiophene rings is 1. The van der Waals surface area contributed by atoms with Gasteiger partial charge in [0.1, 0.15) is 18.5 Å². The maximum atomic E-state index is 15.2. The van der Waals surface area contributed by atoms with Gasteiger partial charge in [-0.05, 0) is 62.9 Å². The quantitative estimate of drug-likeness (QED) is 0.376. The molecular formula is C30H35ClFN5O7S. The van der Waals surface area contributed by atoms with E-state index in [9.17, 15) is 24.0 Å². The minimum absolute atomic E-state index is 0.0293. The predicted octanol–water partition coefficient (Wildman–Crippen LogP) is 4.26. The fraction of sp³-hybridized carbons (Fsp3) is 0.500. The number of amides is 6. The largest absolute Gasteiger partial charge is 0.442 e. The van der Waals surface area contributed by atoms with Gasteiger partial charge in [0, 0.05) is 37.8 Å². The molecule has 0 saturated carbocycles. The second kappa shape index (κ2) is 14.6. The van der Waals surface area contributed by atoms with Gasteiger partial charge in [-0.3, -0.25) is 24.2 Å². The highest BCUT2D eigenvalue weighted by molar-refractivity contribution is 7.18. The van der Waals surface area contributed by atoms with E-state index in [4.69, 9.17) is 21.1 Å². The first kappa shape index (κ1) is 32.6. The molecule has 0 unspecified atom stereocenters. The zero-order valence-electron chi connectivity index (χ0n) is 24.8. The van der Waals surface area contributed by atoms with Crippen molar-refractivity contribution in [2.75, 3.05) is 55.7 Å². The van der Waals surface area contributed by atoms with Crippen molar-refractivity contribution < 1.29 is 37.8 Å². The van der Waals surface area contributed by atoms with Gasteiger partial charge in [0.2, 0.25) is 5.91 Å². The number of carbonyl (C=O) groups excluding carboxylic acids is 5. The van der Waals surface area contributed by atoms with Crippen LogP contribution in [0.25, 0.3) is 0 Å². The third kappa shape index (κ3) is 7.74. The molecule has 1 aromatic carbocycles. The number of carbonyl (C=O) groups is 5. The number of ether oxygens (including phenoxy) is 2. The molecule has 4 heterocycles. The predicted molar refractivity (Wildman–Crippen MR) is 165 cm³/mol. The Balaban J connectivity index is 1.20. The van der Waals surface area contributed by atoms with Gasteiger partial charge in [-0.15, -0.1) is 11.3 Å². The average molecular weight is 664 g/mol. The summed E-state index contributed by atoms with van der Waals surface area (Å²) in [7, 11) is 0. The van der Waals surface area contributed by atoms with Crippen molar-refractivity contribution in [3.8, 4) is 0 Å². The zero-order valence-corrected chi connectivity index (χ0v) is 26.4. The molecule has 5 rings (SSSR count). The number of urea groups is 1. The van der Waals surface area contributed by atoms with Gasteiger partial charge in [0.15, 0.2) is 0 Å². The molecular weight excluding hydrogens is 629 g/mol. The average Bonchev–Trinajstić information content (AvgIpc) is 3.75. The monoisotopic (exact) mass is 663 g/mol. The zero-order chi connectivity index (χ0) is 32.1. The van der Waals surface area contributed by atoms with Crippen molar-refractivity contribution in [3.63, 3.8) is 0 Å². The van der Waals surface area contributed by atoms with E-state index in [2.05, 4.69) is 5.32 Å². The second-order valence-corrected chi connectivity index (χ2v) is 12.9. The van der Waals surface area contributed by atoms with E-state index in [0.717, 1.165) is 40.5 Å². The molecule has 1 N–H and O–H groups in total.